The van der Waals surface area contributed by atoms with Crippen LogP contribution in [0.4, 0.5) is 5.82 Å². The minimum atomic E-state index is 0.855. The molecule has 1 radical (unpaired) electrons. The Morgan fingerprint density at radius 3 is 3.18 bits per heavy atom. The van der Waals surface area contributed by atoms with E-state index in [1.807, 2.05) is 0 Å². The van der Waals surface area contributed by atoms with E-state index in [0.717, 1.165) is 12.4 Å². The molecule has 1 aromatic heterocycles. The van der Waals surface area contributed by atoms with E-state index in [9.17, 15) is 0 Å². The fraction of sp³-hybridized carbons (Fsp3) is 0.500. The van der Waals surface area contributed by atoms with Gasteiger partial charge in [-0.1, -0.05) is 13.3 Å². The largest absolute Gasteiger partial charge is 0.370 e. The molecule has 0 saturated heterocycles. The molecule has 0 unspecified atom stereocenters. The van der Waals surface area contributed by atoms with E-state index in [0.29, 0.717) is 0 Å². The maximum absolute atomic E-state index is 4.00. The molecule has 0 aliphatic carbocycles. The lowest BCUT2D eigenvalue weighted by molar-refractivity contribution is 0.830. The number of nitrogens with one attached hydrogen (secondary N) is 1. The van der Waals surface area contributed by atoms with Gasteiger partial charge in [0.1, 0.15) is 12.1 Å². The number of unbranched alkanes of at least 4 members (excludes halogenated alkanes) is 1. The first-order chi connectivity index (χ1) is 5.43. The minimum absolute atomic E-state index is 0.855. The predicted octanol–water partition coefficient (Wildman–Crippen LogP) is 1.49. The molecule has 1 aromatic rings. The van der Waals surface area contributed by atoms with Crippen molar-refractivity contribution in [2.75, 3.05) is 11.9 Å². The molecule has 0 spiro atoms. The van der Waals surface area contributed by atoms with Crippen LogP contribution in [-0.4, -0.2) is 16.5 Å². The average molecular weight is 150 g/mol. The molecule has 0 bridgehead atoms. The van der Waals surface area contributed by atoms with Gasteiger partial charge in [-0.2, -0.15) is 0 Å². The zero-order valence-corrected chi connectivity index (χ0v) is 6.67. The SMILES string of the molecule is CCCCNc1c[c]ncn1. The molecule has 0 atom stereocenters. The van der Waals surface area contributed by atoms with Gasteiger partial charge in [-0.05, 0) is 6.42 Å². The van der Waals surface area contributed by atoms with Gasteiger partial charge >= 0.3 is 0 Å². The summed E-state index contributed by atoms with van der Waals surface area (Å²) in [5.41, 5.74) is 0. The Labute approximate surface area is 66.9 Å². The summed E-state index contributed by atoms with van der Waals surface area (Å²) in [5.74, 6) is 0.855. The van der Waals surface area contributed by atoms with Gasteiger partial charge < -0.3 is 5.32 Å². The normalized spacial score (nSPS) is 9.55. The lowest BCUT2D eigenvalue weighted by Gasteiger charge is -2.01. The van der Waals surface area contributed by atoms with E-state index in [1.54, 1.807) is 6.07 Å². The highest BCUT2D eigenvalue weighted by Crippen LogP contribution is 1.97. The van der Waals surface area contributed by atoms with Crippen molar-refractivity contribution in [3.63, 3.8) is 0 Å². The van der Waals surface area contributed by atoms with Crippen LogP contribution in [0, 0.1) is 6.20 Å². The topological polar surface area (TPSA) is 37.8 Å². The van der Waals surface area contributed by atoms with Gasteiger partial charge in [0.25, 0.3) is 0 Å². The molecule has 0 saturated carbocycles. The van der Waals surface area contributed by atoms with Crippen LogP contribution in [0.2, 0.25) is 0 Å². The van der Waals surface area contributed by atoms with Crippen LogP contribution in [-0.2, 0) is 0 Å². The first-order valence-corrected chi connectivity index (χ1v) is 3.85. The fourth-order valence-electron chi connectivity index (χ4n) is 0.750. The summed E-state index contributed by atoms with van der Waals surface area (Å²) < 4.78 is 0. The Bertz CT molecular complexity index is 186. The van der Waals surface area contributed by atoms with Gasteiger partial charge in [-0.15, -0.1) is 0 Å². The third-order valence-electron chi connectivity index (χ3n) is 1.37. The summed E-state index contributed by atoms with van der Waals surface area (Å²) in [6.07, 6.45) is 6.57. The molecular formula is C8H12N3. The zero-order chi connectivity index (χ0) is 7.94. The number of hydrogen-bond donors (Lipinski definition) is 1. The van der Waals surface area contributed by atoms with Crippen LogP contribution < -0.4 is 5.32 Å². The quantitative estimate of drug-likeness (QED) is 0.661. The van der Waals surface area contributed by atoms with E-state index in [4.69, 9.17) is 0 Å². The smallest absolute Gasteiger partial charge is 0.130 e. The molecule has 59 valence electrons. The van der Waals surface area contributed by atoms with Crippen molar-refractivity contribution < 1.29 is 0 Å². The highest BCUT2D eigenvalue weighted by molar-refractivity contribution is 5.30. The van der Waals surface area contributed by atoms with Gasteiger partial charge in [-0.25, -0.2) is 9.97 Å². The van der Waals surface area contributed by atoms with E-state index >= 15 is 0 Å². The molecular weight excluding hydrogens is 138 g/mol. The van der Waals surface area contributed by atoms with Crippen molar-refractivity contribution >= 4 is 5.82 Å². The van der Waals surface area contributed by atoms with Crippen LogP contribution in [0.5, 0.6) is 0 Å². The van der Waals surface area contributed by atoms with Crippen molar-refractivity contribution in [3.8, 4) is 0 Å². The van der Waals surface area contributed by atoms with Gasteiger partial charge in [0.2, 0.25) is 0 Å². The number of anilines is 1. The number of aromatic nitrogens is 2. The second-order valence-corrected chi connectivity index (χ2v) is 2.31. The first-order valence-electron chi connectivity index (χ1n) is 3.85. The molecule has 3 heteroatoms. The second kappa shape index (κ2) is 4.66. The van der Waals surface area contributed by atoms with Crippen LogP contribution in [0.15, 0.2) is 12.4 Å². The standard InChI is InChI=1S/C8H12N3/c1-2-3-5-10-8-4-6-9-7-11-8/h4,7H,2-3,5H2,1H3,(H,9,10,11). The van der Waals surface area contributed by atoms with Crippen molar-refractivity contribution in [2.24, 2.45) is 0 Å². The summed E-state index contributed by atoms with van der Waals surface area (Å²) >= 11 is 0. The summed E-state index contributed by atoms with van der Waals surface area (Å²) in [6.45, 7) is 3.13. The summed E-state index contributed by atoms with van der Waals surface area (Å²) in [7, 11) is 0. The fourth-order valence-corrected chi connectivity index (χ4v) is 0.750. The van der Waals surface area contributed by atoms with Crippen LogP contribution >= 0.6 is 0 Å². The number of nitrogens with zero attached hydrogens (tertiary/aromatic N) is 2. The van der Waals surface area contributed by atoms with E-state index in [-0.39, 0.29) is 0 Å². The molecule has 11 heavy (non-hydrogen) atoms. The lowest BCUT2D eigenvalue weighted by Crippen LogP contribution is -2.02. The molecule has 3 nitrogen and oxygen atoms in total. The molecule has 0 aliphatic heterocycles. The Morgan fingerprint density at radius 1 is 1.64 bits per heavy atom. The van der Waals surface area contributed by atoms with E-state index < -0.39 is 0 Å². The number of rotatable bonds is 4. The maximum atomic E-state index is 4.00. The average Bonchev–Trinajstić information content (AvgIpc) is 2.07. The molecule has 1 N–H and O–H groups in total. The third-order valence-corrected chi connectivity index (χ3v) is 1.37. The first kappa shape index (κ1) is 7.98. The van der Waals surface area contributed by atoms with Gasteiger partial charge in [0, 0.05) is 12.6 Å². The van der Waals surface area contributed by atoms with Crippen LogP contribution in [0.25, 0.3) is 0 Å². The van der Waals surface area contributed by atoms with Gasteiger partial charge in [0.15, 0.2) is 0 Å². The van der Waals surface area contributed by atoms with Crippen LogP contribution in [0.1, 0.15) is 19.8 Å². The Morgan fingerprint density at radius 2 is 2.55 bits per heavy atom. The van der Waals surface area contributed by atoms with Crippen LogP contribution in [0.3, 0.4) is 0 Å². The highest BCUT2D eigenvalue weighted by Gasteiger charge is 1.88. The van der Waals surface area contributed by atoms with Crippen molar-refractivity contribution in [2.45, 2.75) is 19.8 Å². The summed E-state index contributed by atoms with van der Waals surface area (Å²) in [6, 6.07) is 1.75. The highest BCUT2D eigenvalue weighted by atomic mass is 15.0. The zero-order valence-electron chi connectivity index (χ0n) is 6.67. The molecule has 0 aromatic carbocycles. The van der Waals surface area contributed by atoms with Crippen molar-refractivity contribution in [1.82, 2.24) is 9.97 Å². The van der Waals surface area contributed by atoms with Crippen molar-refractivity contribution in [3.05, 3.63) is 18.6 Å². The maximum Gasteiger partial charge on any atom is 0.130 e. The lowest BCUT2D eigenvalue weighted by atomic mass is 10.3. The summed E-state index contributed by atoms with van der Waals surface area (Å²) in [4.78, 5) is 7.69. The Kier molecular flexibility index (Phi) is 3.38. The second-order valence-electron chi connectivity index (χ2n) is 2.31. The Hall–Kier alpha value is -1.12. The monoisotopic (exact) mass is 150 g/mol. The molecule has 0 aliphatic rings. The van der Waals surface area contributed by atoms with Gasteiger partial charge in [0.05, 0.1) is 6.20 Å². The Balaban J connectivity index is 2.28. The molecule has 1 rings (SSSR count). The predicted molar refractivity (Wildman–Crippen MR) is 44.3 cm³/mol. The molecule has 1 heterocycles. The molecule has 0 amide bonds. The number of hydrogen-bond acceptors (Lipinski definition) is 3. The van der Waals surface area contributed by atoms with Gasteiger partial charge in [-0.3, -0.25) is 0 Å². The summed E-state index contributed by atoms with van der Waals surface area (Å²) in [5, 5.41) is 3.16. The minimum Gasteiger partial charge on any atom is -0.370 e. The van der Waals surface area contributed by atoms with E-state index in [2.05, 4.69) is 28.4 Å². The van der Waals surface area contributed by atoms with Crippen molar-refractivity contribution in [1.29, 1.82) is 0 Å². The molecule has 0 fully saturated rings. The van der Waals surface area contributed by atoms with E-state index in [1.165, 1.54) is 19.2 Å². The third kappa shape index (κ3) is 2.98.